The molecule has 2 aromatic rings. The summed E-state index contributed by atoms with van der Waals surface area (Å²) in [5.74, 6) is 0.645. The minimum atomic E-state index is -3.56. The van der Waals surface area contributed by atoms with Crippen molar-refractivity contribution in [2.75, 3.05) is 37.3 Å². The lowest BCUT2D eigenvalue weighted by atomic mass is 10.0. The van der Waals surface area contributed by atoms with Crippen LogP contribution in [0.3, 0.4) is 0 Å². The Hall–Kier alpha value is -3.02. The van der Waals surface area contributed by atoms with Crippen molar-refractivity contribution in [1.29, 1.82) is 0 Å². The Morgan fingerprint density at radius 1 is 1.13 bits per heavy atom. The molecule has 0 aliphatic heterocycles. The van der Waals surface area contributed by atoms with Crippen molar-refractivity contribution in [2.24, 2.45) is 0 Å². The normalized spacial score (nSPS) is 16.1. The van der Waals surface area contributed by atoms with Gasteiger partial charge in [0.15, 0.2) is 6.61 Å². The minimum absolute atomic E-state index is 0.00228. The largest absolute Gasteiger partial charge is 0.506 e. The SMILES string of the molecule is CCCCNC(=O)COc1ccc2c(c1)CC(NCC(O)COc1ccc(O)c(NS(C)(=O)=O)c1)CCC2. The number of carbonyl (C=O) groups excluding carboxylic acids is 1. The maximum absolute atomic E-state index is 11.9. The maximum Gasteiger partial charge on any atom is 0.257 e. The summed E-state index contributed by atoms with van der Waals surface area (Å²) >= 11 is 0. The fourth-order valence-electron chi connectivity index (χ4n) is 4.25. The van der Waals surface area contributed by atoms with Gasteiger partial charge in [0, 0.05) is 25.2 Å². The minimum Gasteiger partial charge on any atom is -0.506 e. The van der Waals surface area contributed by atoms with E-state index in [1.807, 2.05) is 12.1 Å². The molecule has 2 aromatic carbocycles. The highest BCUT2D eigenvalue weighted by Gasteiger charge is 2.19. The third-order valence-electron chi connectivity index (χ3n) is 6.21. The average molecular weight is 550 g/mol. The molecule has 1 aliphatic rings. The van der Waals surface area contributed by atoms with Crippen molar-refractivity contribution < 1.29 is 32.9 Å². The fraction of sp³-hybridized carbons (Fsp3) is 0.519. The predicted molar refractivity (Wildman–Crippen MR) is 146 cm³/mol. The Morgan fingerprint density at radius 3 is 2.66 bits per heavy atom. The van der Waals surface area contributed by atoms with Crippen molar-refractivity contribution in [1.82, 2.24) is 10.6 Å². The second-order valence-corrected chi connectivity index (χ2v) is 11.4. The number of ether oxygens (including phenoxy) is 2. The smallest absolute Gasteiger partial charge is 0.257 e. The number of fused-ring (bicyclic) bond motifs is 1. The molecule has 10 nitrogen and oxygen atoms in total. The van der Waals surface area contributed by atoms with Crippen molar-refractivity contribution in [2.45, 2.75) is 57.6 Å². The number of hydrogen-bond acceptors (Lipinski definition) is 8. The highest BCUT2D eigenvalue weighted by molar-refractivity contribution is 7.92. The van der Waals surface area contributed by atoms with E-state index in [0.717, 1.165) is 44.8 Å². The molecule has 0 saturated carbocycles. The van der Waals surface area contributed by atoms with Crippen LogP contribution in [0.1, 0.15) is 43.7 Å². The number of aliphatic hydroxyl groups excluding tert-OH is 1. The zero-order valence-corrected chi connectivity index (χ0v) is 22.9. The standard InChI is InChI=1S/C27H39N3O7S/c1-3-4-12-28-27(33)18-37-23-9-8-19-6-5-7-21(13-20(19)14-23)29-16-22(31)17-36-24-10-11-26(32)25(15-24)30-38(2,34)35/h8-11,14-15,21-22,29-32H,3-7,12-13,16-18H2,1-2H3,(H,28,33). The van der Waals surface area contributed by atoms with Crippen LogP contribution in [0.2, 0.25) is 0 Å². The number of carbonyl (C=O) groups is 1. The molecule has 3 rings (SSSR count). The number of anilines is 1. The number of hydrogen-bond donors (Lipinski definition) is 5. The lowest BCUT2D eigenvalue weighted by Crippen LogP contribution is -2.39. The van der Waals surface area contributed by atoms with Gasteiger partial charge in [-0.3, -0.25) is 9.52 Å². The molecule has 0 aromatic heterocycles. The van der Waals surface area contributed by atoms with Crippen molar-refractivity contribution in [3.05, 3.63) is 47.5 Å². The first-order chi connectivity index (χ1) is 18.1. The number of aryl methyl sites for hydroxylation is 1. The number of aliphatic hydroxyl groups is 1. The molecule has 2 atom stereocenters. The Kier molecular flexibility index (Phi) is 11.1. The van der Waals surface area contributed by atoms with Gasteiger partial charge in [-0.1, -0.05) is 19.4 Å². The molecule has 2 unspecified atom stereocenters. The summed E-state index contributed by atoms with van der Waals surface area (Å²) in [4.78, 5) is 11.9. The van der Waals surface area contributed by atoms with Crippen molar-refractivity contribution >= 4 is 21.6 Å². The molecule has 0 saturated heterocycles. The molecule has 0 heterocycles. The summed E-state index contributed by atoms with van der Waals surface area (Å²) in [5, 5.41) is 26.6. The molecular formula is C27H39N3O7S. The van der Waals surface area contributed by atoms with Crippen LogP contribution < -0.4 is 24.8 Å². The number of nitrogens with one attached hydrogen (secondary N) is 3. The molecule has 0 fully saturated rings. The summed E-state index contributed by atoms with van der Waals surface area (Å²) in [6, 6.07) is 10.3. The molecule has 5 N–H and O–H groups in total. The highest BCUT2D eigenvalue weighted by atomic mass is 32.2. The van der Waals surface area contributed by atoms with E-state index < -0.39 is 16.1 Å². The van der Waals surface area contributed by atoms with E-state index in [2.05, 4.69) is 28.3 Å². The number of aromatic hydroxyl groups is 1. The molecule has 38 heavy (non-hydrogen) atoms. The highest BCUT2D eigenvalue weighted by Crippen LogP contribution is 2.29. The van der Waals surface area contributed by atoms with Crippen LogP contribution in [-0.4, -0.2) is 69.2 Å². The van der Waals surface area contributed by atoms with Gasteiger partial charge in [0.2, 0.25) is 10.0 Å². The van der Waals surface area contributed by atoms with Crippen LogP contribution in [0.15, 0.2) is 36.4 Å². The van der Waals surface area contributed by atoms with Crippen LogP contribution in [0.25, 0.3) is 0 Å². The van der Waals surface area contributed by atoms with Crippen LogP contribution >= 0.6 is 0 Å². The van der Waals surface area contributed by atoms with Gasteiger partial charge < -0.3 is 30.3 Å². The number of unbranched alkanes of at least 4 members (excludes halogenated alkanes) is 1. The predicted octanol–water partition coefficient (Wildman–Crippen LogP) is 2.34. The number of amides is 1. The zero-order chi connectivity index (χ0) is 27.5. The van der Waals surface area contributed by atoms with Crippen LogP contribution in [0.5, 0.6) is 17.2 Å². The van der Waals surface area contributed by atoms with Gasteiger partial charge in [-0.25, -0.2) is 8.42 Å². The van der Waals surface area contributed by atoms with Crippen LogP contribution in [0.4, 0.5) is 5.69 Å². The molecule has 0 bridgehead atoms. The van der Waals surface area contributed by atoms with Crippen molar-refractivity contribution in [3.63, 3.8) is 0 Å². The van der Waals surface area contributed by atoms with Gasteiger partial charge >= 0.3 is 0 Å². The molecule has 0 radical (unpaired) electrons. The second kappa shape index (κ2) is 14.2. The average Bonchev–Trinajstić information content (AvgIpc) is 3.07. The summed E-state index contributed by atoms with van der Waals surface area (Å²) in [7, 11) is -3.56. The summed E-state index contributed by atoms with van der Waals surface area (Å²) in [6.07, 6.45) is 5.87. The summed E-state index contributed by atoms with van der Waals surface area (Å²) in [6.45, 7) is 3.04. The van der Waals surface area contributed by atoms with Gasteiger partial charge in [0.1, 0.15) is 30.0 Å². The Labute approximate surface area is 224 Å². The van der Waals surface area contributed by atoms with E-state index in [1.165, 1.54) is 29.3 Å². The third-order valence-corrected chi connectivity index (χ3v) is 6.80. The molecule has 1 aliphatic carbocycles. The number of rotatable bonds is 14. The van der Waals surface area contributed by atoms with E-state index in [9.17, 15) is 23.4 Å². The number of benzene rings is 2. The molecule has 11 heteroatoms. The fourth-order valence-corrected chi connectivity index (χ4v) is 4.81. The maximum atomic E-state index is 11.9. The van der Waals surface area contributed by atoms with E-state index in [1.54, 1.807) is 0 Å². The van der Waals surface area contributed by atoms with E-state index in [0.29, 0.717) is 24.6 Å². The Bertz CT molecular complexity index is 1170. The first kappa shape index (κ1) is 29.5. The van der Waals surface area contributed by atoms with Crippen LogP contribution in [-0.2, 0) is 27.7 Å². The monoisotopic (exact) mass is 549 g/mol. The van der Waals surface area contributed by atoms with Gasteiger partial charge in [-0.2, -0.15) is 0 Å². The van der Waals surface area contributed by atoms with Crippen LogP contribution in [0, 0.1) is 0 Å². The quantitative estimate of drug-likeness (QED) is 0.137. The Balaban J connectivity index is 1.48. The first-order valence-electron chi connectivity index (χ1n) is 13.0. The van der Waals surface area contributed by atoms with Gasteiger partial charge in [-0.15, -0.1) is 0 Å². The molecular weight excluding hydrogens is 510 g/mol. The number of phenolic OH excluding ortho intramolecular Hbond substituents is 1. The zero-order valence-electron chi connectivity index (χ0n) is 22.0. The topological polar surface area (TPSA) is 146 Å². The van der Waals surface area contributed by atoms with E-state index in [4.69, 9.17) is 9.47 Å². The Morgan fingerprint density at radius 2 is 1.89 bits per heavy atom. The first-order valence-corrected chi connectivity index (χ1v) is 14.9. The van der Waals surface area contributed by atoms with Gasteiger partial charge in [-0.05, 0) is 67.5 Å². The van der Waals surface area contributed by atoms with E-state index in [-0.39, 0.29) is 36.6 Å². The summed E-state index contributed by atoms with van der Waals surface area (Å²) in [5.41, 5.74) is 2.45. The lowest BCUT2D eigenvalue weighted by Gasteiger charge is -2.20. The molecule has 1 amide bonds. The lowest BCUT2D eigenvalue weighted by molar-refractivity contribution is -0.123. The molecule has 0 spiro atoms. The van der Waals surface area contributed by atoms with Crippen molar-refractivity contribution in [3.8, 4) is 17.2 Å². The number of phenols is 1. The molecule has 210 valence electrons. The second-order valence-electron chi connectivity index (χ2n) is 9.64. The number of sulfonamides is 1. The van der Waals surface area contributed by atoms with Gasteiger partial charge in [0.25, 0.3) is 5.91 Å². The third kappa shape index (κ3) is 10.0. The van der Waals surface area contributed by atoms with Gasteiger partial charge in [0.05, 0.1) is 11.9 Å². The van der Waals surface area contributed by atoms with E-state index >= 15 is 0 Å². The summed E-state index contributed by atoms with van der Waals surface area (Å²) < 4.78 is 36.5.